The third-order valence-electron chi connectivity index (χ3n) is 2.14. The normalized spacial score (nSPS) is 10.3. The Labute approximate surface area is 117 Å². The number of nitrogens with one attached hydrogen (secondary N) is 1. The molecule has 0 bridgehead atoms. The SMILES string of the molecule is CCCNCCC.O=C(O)CC(O)(CC(=O)O)C(=O)O. The van der Waals surface area contributed by atoms with Gasteiger partial charge in [-0.05, 0) is 25.9 Å². The fraction of sp³-hybridized carbons (Fsp3) is 0.750. The largest absolute Gasteiger partial charge is 0.481 e. The number of hydrogen-bond donors (Lipinski definition) is 5. The Kier molecular flexibility index (Phi) is 11.5. The van der Waals surface area contributed by atoms with Crippen LogP contribution in [0.15, 0.2) is 0 Å². The van der Waals surface area contributed by atoms with Gasteiger partial charge in [0, 0.05) is 0 Å². The van der Waals surface area contributed by atoms with E-state index in [1.54, 1.807) is 0 Å². The first-order valence-corrected chi connectivity index (χ1v) is 6.29. The Bertz CT molecular complexity index is 297. The van der Waals surface area contributed by atoms with Crippen molar-refractivity contribution in [2.75, 3.05) is 13.1 Å². The lowest BCUT2D eigenvalue weighted by Crippen LogP contribution is -2.42. The first-order chi connectivity index (χ1) is 9.19. The van der Waals surface area contributed by atoms with Gasteiger partial charge in [-0.3, -0.25) is 9.59 Å². The first kappa shape index (κ1) is 20.6. The molecule has 0 aromatic heterocycles. The van der Waals surface area contributed by atoms with Gasteiger partial charge in [0.2, 0.25) is 0 Å². The van der Waals surface area contributed by atoms with Crippen molar-refractivity contribution in [1.29, 1.82) is 0 Å². The molecular weight excluding hydrogens is 270 g/mol. The minimum absolute atomic E-state index is 1.14. The molecule has 0 radical (unpaired) electrons. The summed E-state index contributed by atoms with van der Waals surface area (Å²) in [6, 6.07) is 0. The van der Waals surface area contributed by atoms with Crippen LogP contribution in [0, 0.1) is 0 Å². The van der Waals surface area contributed by atoms with Gasteiger partial charge in [0.15, 0.2) is 5.60 Å². The quantitative estimate of drug-likeness (QED) is 0.378. The number of carbonyl (C=O) groups is 3. The maximum Gasteiger partial charge on any atom is 0.336 e. The fourth-order valence-electron chi connectivity index (χ4n) is 1.19. The van der Waals surface area contributed by atoms with Gasteiger partial charge in [-0.15, -0.1) is 0 Å². The number of aliphatic carboxylic acids is 3. The molecule has 0 saturated heterocycles. The Morgan fingerprint density at radius 3 is 1.45 bits per heavy atom. The van der Waals surface area contributed by atoms with Crippen molar-refractivity contribution in [3.63, 3.8) is 0 Å². The second-order valence-corrected chi connectivity index (χ2v) is 4.23. The Morgan fingerprint density at radius 2 is 1.25 bits per heavy atom. The van der Waals surface area contributed by atoms with E-state index >= 15 is 0 Å². The summed E-state index contributed by atoms with van der Waals surface area (Å²) in [5, 5.41) is 37.1. The summed E-state index contributed by atoms with van der Waals surface area (Å²) >= 11 is 0. The lowest BCUT2D eigenvalue weighted by atomic mass is 9.96. The fourth-order valence-corrected chi connectivity index (χ4v) is 1.19. The predicted molar refractivity (Wildman–Crippen MR) is 70.5 cm³/mol. The van der Waals surface area contributed by atoms with Crippen molar-refractivity contribution >= 4 is 17.9 Å². The van der Waals surface area contributed by atoms with Crippen LogP contribution in [0.1, 0.15) is 39.5 Å². The molecular formula is C12H23NO7. The average molecular weight is 293 g/mol. The smallest absolute Gasteiger partial charge is 0.336 e. The number of carboxylic acid groups (broad SMARTS) is 3. The van der Waals surface area contributed by atoms with E-state index in [0.29, 0.717) is 0 Å². The Morgan fingerprint density at radius 1 is 0.900 bits per heavy atom. The molecule has 0 saturated carbocycles. The summed E-state index contributed by atoms with van der Waals surface area (Å²) in [5.74, 6) is -5.02. The van der Waals surface area contributed by atoms with Gasteiger partial charge in [0.1, 0.15) is 0 Å². The van der Waals surface area contributed by atoms with E-state index in [4.69, 9.17) is 20.4 Å². The van der Waals surface area contributed by atoms with E-state index < -0.39 is 36.4 Å². The summed E-state index contributed by atoms with van der Waals surface area (Å²) in [5.41, 5.74) is -2.74. The van der Waals surface area contributed by atoms with E-state index in [1.807, 2.05) is 0 Å². The van der Waals surface area contributed by atoms with Crippen LogP contribution < -0.4 is 5.32 Å². The monoisotopic (exact) mass is 293 g/mol. The van der Waals surface area contributed by atoms with Gasteiger partial charge >= 0.3 is 17.9 Å². The molecule has 0 aliphatic carbocycles. The minimum Gasteiger partial charge on any atom is -0.481 e. The van der Waals surface area contributed by atoms with Crippen LogP contribution in [-0.2, 0) is 14.4 Å². The Hall–Kier alpha value is -1.67. The van der Waals surface area contributed by atoms with E-state index in [1.165, 1.54) is 25.9 Å². The standard InChI is InChI=1S/C6H15N.C6H8O7/c1-3-5-7-6-4-2;7-3(8)1-6(13,5(11)12)2-4(9)10/h7H,3-6H2,1-2H3;13H,1-2H2,(H,7,8)(H,9,10)(H,11,12). The molecule has 0 aromatic rings. The minimum atomic E-state index is -2.74. The summed E-state index contributed by atoms with van der Waals surface area (Å²) < 4.78 is 0. The van der Waals surface area contributed by atoms with Crippen LogP contribution in [0.25, 0.3) is 0 Å². The van der Waals surface area contributed by atoms with Crippen molar-refractivity contribution < 1.29 is 34.8 Å². The predicted octanol–water partition coefficient (Wildman–Crippen LogP) is 0.148. The molecule has 0 aliphatic rings. The topological polar surface area (TPSA) is 144 Å². The van der Waals surface area contributed by atoms with Crippen molar-refractivity contribution in [2.45, 2.75) is 45.1 Å². The van der Waals surface area contributed by atoms with Crippen LogP contribution in [-0.4, -0.2) is 57.0 Å². The molecule has 0 aromatic carbocycles. The first-order valence-electron chi connectivity index (χ1n) is 6.29. The highest BCUT2D eigenvalue weighted by atomic mass is 16.4. The van der Waals surface area contributed by atoms with E-state index in [-0.39, 0.29) is 0 Å². The van der Waals surface area contributed by atoms with E-state index in [9.17, 15) is 14.4 Å². The lowest BCUT2D eigenvalue weighted by molar-refractivity contribution is -0.170. The Balaban J connectivity index is 0. The van der Waals surface area contributed by atoms with Gasteiger partial charge in [0.05, 0.1) is 12.8 Å². The molecule has 0 heterocycles. The molecule has 0 spiro atoms. The highest BCUT2D eigenvalue weighted by molar-refractivity contribution is 5.88. The van der Waals surface area contributed by atoms with Crippen molar-refractivity contribution in [2.24, 2.45) is 0 Å². The van der Waals surface area contributed by atoms with E-state index in [0.717, 1.165) is 0 Å². The van der Waals surface area contributed by atoms with Gasteiger partial charge in [-0.1, -0.05) is 13.8 Å². The number of hydrogen-bond acceptors (Lipinski definition) is 5. The third-order valence-corrected chi connectivity index (χ3v) is 2.14. The maximum absolute atomic E-state index is 10.3. The number of rotatable bonds is 9. The molecule has 5 N–H and O–H groups in total. The zero-order chi connectivity index (χ0) is 16.2. The molecule has 0 rings (SSSR count). The highest BCUT2D eigenvalue weighted by Gasteiger charge is 2.40. The van der Waals surface area contributed by atoms with Gasteiger partial charge in [-0.25, -0.2) is 4.79 Å². The van der Waals surface area contributed by atoms with Crippen molar-refractivity contribution in [3.05, 3.63) is 0 Å². The van der Waals surface area contributed by atoms with Crippen LogP contribution in [0.4, 0.5) is 0 Å². The summed E-state index contributed by atoms with van der Waals surface area (Å²) in [6.45, 7) is 6.72. The van der Waals surface area contributed by atoms with Crippen LogP contribution >= 0.6 is 0 Å². The van der Waals surface area contributed by atoms with Gasteiger partial charge in [-0.2, -0.15) is 0 Å². The molecule has 118 valence electrons. The molecule has 8 heteroatoms. The molecule has 20 heavy (non-hydrogen) atoms. The van der Waals surface area contributed by atoms with Crippen molar-refractivity contribution in [1.82, 2.24) is 5.32 Å². The van der Waals surface area contributed by atoms with Crippen molar-refractivity contribution in [3.8, 4) is 0 Å². The average Bonchev–Trinajstić information content (AvgIpc) is 2.28. The second kappa shape index (κ2) is 11.2. The highest BCUT2D eigenvalue weighted by Crippen LogP contribution is 2.15. The third kappa shape index (κ3) is 11.4. The van der Waals surface area contributed by atoms with Gasteiger partial charge < -0.3 is 25.7 Å². The molecule has 0 atom stereocenters. The zero-order valence-corrected chi connectivity index (χ0v) is 11.8. The molecule has 0 unspecified atom stereocenters. The van der Waals surface area contributed by atoms with Crippen LogP contribution in [0.3, 0.4) is 0 Å². The van der Waals surface area contributed by atoms with E-state index in [2.05, 4.69) is 19.2 Å². The number of carboxylic acids is 3. The molecule has 0 aliphatic heterocycles. The maximum atomic E-state index is 10.3. The zero-order valence-electron chi connectivity index (χ0n) is 11.8. The van der Waals surface area contributed by atoms with Crippen LogP contribution in [0.2, 0.25) is 0 Å². The van der Waals surface area contributed by atoms with Crippen LogP contribution in [0.5, 0.6) is 0 Å². The summed E-state index contributed by atoms with van der Waals surface area (Å²) in [4.78, 5) is 30.5. The van der Waals surface area contributed by atoms with Gasteiger partial charge in [0.25, 0.3) is 0 Å². The summed E-state index contributed by atoms with van der Waals surface area (Å²) in [6.07, 6.45) is 0.212. The second-order valence-electron chi connectivity index (χ2n) is 4.23. The summed E-state index contributed by atoms with van der Waals surface area (Å²) in [7, 11) is 0. The molecule has 0 fully saturated rings. The molecule has 8 nitrogen and oxygen atoms in total. The molecule has 0 amide bonds. The lowest BCUT2D eigenvalue weighted by Gasteiger charge is -2.18. The number of aliphatic hydroxyl groups is 1.